The third-order valence-corrected chi connectivity index (χ3v) is 3.10. The monoisotopic (exact) mass is 262 g/mol. The molecule has 0 bridgehead atoms. The molecule has 1 fully saturated rings. The molecule has 0 atom stereocenters. The van der Waals surface area contributed by atoms with Gasteiger partial charge in [-0.15, -0.1) is 12.4 Å². The predicted octanol–water partition coefficient (Wildman–Crippen LogP) is 1.73. The topological polar surface area (TPSA) is 55.0 Å². The van der Waals surface area contributed by atoms with Crippen LogP contribution in [0, 0.1) is 5.92 Å². The smallest absolute Gasteiger partial charge is 0.134 e. The molecule has 0 unspecified atom stereocenters. The number of aromatic nitrogens is 2. The number of nitrogens with two attached hydrogens (primary N) is 1. The number of hydrogen-bond acceptors (Lipinski definition) is 4. The average Bonchev–Trinajstić information content (AvgIpc) is 2.29. The molecule has 0 spiro atoms. The van der Waals surface area contributed by atoms with Gasteiger partial charge < -0.3 is 10.6 Å². The highest BCUT2D eigenvalue weighted by Crippen LogP contribution is 2.21. The Morgan fingerprint density at radius 2 is 2.06 bits per heavy atom. The van der Waals surface area contributed by atoms with Crippen molar-refractivity contribution in [1.29, 1.82) is 0 Å². The van der Waals surface area contributed by atoms with Gasteiger partial charge in [0.05, 0.1) is 0 Å². The molecule has 1 saturated heterocycles. The van der Waals surface area contributed by atoms with E-state index in [-0.39, 0.29) is 12.4 Å². The molecule has 1 aromatic heterocycles. The first kappa shape index (κ1) is 13.5. The maximum Gasteiger partial charge on any atom is 0.134 e. The lowest BCUT2D eigenvalue weighted by Crippen LogP contribution is -2.36. The van der Waals surface area contributed by atoms with Crippen LogP contribution in [0.25, 0.3) is 0 Å². The van der Waals surface area contributed by atoms with Crippen molar-refractivity contribution in [2.24, 2.45) is 11.7 Å². The highest BCUT2D eigenvalue weighted by Gasteiger charge is 2.18. The molecule has 0 radical (unpaired) electrons. The van der Waals surface area contributed by atoms with Crippen molar-refractivity contribution in [1.82, 2.24) is 9.97 Å². The Balaban J connectivity index is 0.00000128. The van der Waals surface area contributed by atoms with Gasteiger partial charge in [0.25, 0.3) is 0 Å². The minimum Gasteiger partial charge on any atom is -0.356 e. The van der Waals surface area contributed by atoms with Gasteiger partial charge in [-0.05, 0) is 25.3 Å². The summed E-state index contributed by atoms with van der Waals surface area (Å²) in [4.78, 5) is 10.3. The van der Waals surface area contributed by atoms with Gasteiger partial charge in [0.2, 0.25) is 0 Å². The molecule has 90 valence electrons. The van der Waals surface area contributed by atoms with Crippen LogP contribution in [0.5, 0.6) is 0 Å². The van der Waals surface area contributed by atoms with Crippen LogP contribution < -0.4 is 10.6 Å². The first-order chi connectivity index (χ1) is 7.29. The number of halogens is 2. The summed E-state index contributed by atoms with van der Waals surface area (Å²) in [5.74, 6) is 1.59. The Bertz CT molecular complexity index is 326. The van der Waals surface area contributed by atoms with Crippen LogP contribution in [0.1, 0.15) is 12.8 Å². The van der Waals surface area contributed by atoms with E-state index in [1.807, 2.05) is 6.07 Å². The summed E-state index contributed by atoms with van der Waals surface area (Å²) < 4.78 is 0. The molecule has 1 aromatic rings. The minimum atomic E-state index is 0. The van der Waals surface area contributed by atoms with Gasteiger partial charge in [-0.2, -0.15) is 0 Å². The fourth-order valence-electron chi connectivity index (χ4n) is 1.89. The molecule has 4 nitrogen and oxygen atoms in total. The van der Waals surface area contributed by atoms with E-state index in [9.17, 15) is 0 Å². The van der Waals surface area contributed by atoms with E-state index in [1.54, 1.807) is 0 Å². The summed E-state index contributed by atoms with van der Waals surface area (Å²) in [6.07, 6.45) is 3.78. The average molecular weight is 263 g/mol. The van der Waals surface area contributed by atoms with Crippen molar-refractivity contribution in [3.05, 3.63) is 17.5 Å². The second-order valence-electron chi connectivity index (χ2n) is 3.87. The summed E-state index contributed by atoms with van der Waals surface area (Å²) in [6, 6.07) is 1.81. The molecule has 2 heterocycles. The maximum absolute atomic E-state index is 5.82. The third kappa shape index (κ3) is 3.20. The predicted molar refractivity (Wildman–Crippen MR) is 68.3 cm³/mol. The van der Waals surface area contributed by atoms with Gasteiger partial charge in [-0.1, -0.05) is 11.6 Å². The highest BCUT2D eigenvalue weighted by molar-refractivity contribution is 6.29. The van der Waals surface area contributed by atoms with E-state index in [0.29, 0.717) is 11.1 Å². The zero-order valence-electron chi connectivity index (χ0n) is 8.97. The number of anilines is 1. The van der Waals surface area contributed by atoms with E-state index in [0.717, 1.165) is 38.3 Å². The molecule has 0 aromatic carbocycles. The van der Waals surface area contributed by atoms with Gasteiger partial charge in [0.15, 0.2) is 0 Å². The SMILES string of the molecule is Cl.NCC1CCN(c2cc(Cl)ncn2)CC1. The second kappa shape index (κ2) is 6.23. The van der Waals surface area contributed by atoms with E-state index < -0.39 is 0 Å². The van der Waals surface area contributed by atoms with Crippen LogP contribution >= 0.6 is 24.0 Å². The molecule has 1 aliphatic rings. The molecule has 2 N–H and O–H groups in total. The van der Waals surface area contributed by atoms with Crippen molar-refractivity contribution >= 4 is 29.8 Å². The van der Waals surface area contributed by atoms with Crippen LogP contribution in [-0.4, -0.2) is 29.6 Å². The van der Waals surface area contributed by atoms with E-state index in [4.69, 9.17) is 17.3 Å². The molecular formula is C10H16Cl2N4. The summed E-state index contributed by atoms with van der Waals surface area (Å²) in [5, 5.41) is 0.501. The Morgan fingerprint density at radius 3 is 2.62 bits per heavy atom. The van der Waals surface area contributed by atoms with Gasteiger partial charge in [0, 0.05) is 19.2 Å². The summed E-state index contributed by atoms with van der Waals surface area (Å²) in [5.41, 5.74) is 5.65. The number of piperidine rings is 1. The zero-order chi connectivity index (χ0) is 10.7. The van der Waals surface area contributed by atoms with Crippen LogP contribution in [0.3, 0.4) is 0 Å². The van der Waals surface area contributed by atoms with Crippen molar-refractivity contribution in [3.8, 4) is 0 Å². The molecule has 0 saturated carbocycles. The lowest BCUT2D eigenvalue weighted by Gasteiger charge is -2.32. The molecule has 6 heteroatoms. The lowest BCUT2D eigenvalue weighted by atomic mass is 9.97. The zero-order valence-corrected chi connectivity index (χ0v) is 10.5. The van der Waals surface area contributed by atoms with Crippen molar-refractivity contribution in [2.45, 2.75) is 12.8 Å². The maximum atomic E-state index is 5.82. The van der Waals surface area contributed by atoms with Crippen molar-refractivity contribution in [2.75, 3.05) is 24.5 Å². The molecule has 0 aliphatic carbocycles. The second-order valence-corrected chi connectivity index (χ2v) is 4.25. The standard InChI is InChI=1S/C10H15ClN4.ClH/c11-9-5-10(14-7-13-9)15-3-1-8(6-12)2-4-15;/h5,7-8H,1-4,6,12H2;1H. The number of nitrogens with zero attached hydrogens (tertiary/aromatic N) is 3. The fraction of sp³-hybridized carbons (Fsp3) is 0.600. The quantitative estimate of drug-likeness (QED) is 0.825. The molecule has 0 amide bonds. The van der Waals surface area contributed by atoms with E-state index in [1.165, 1.54) is 6.33 Å². The highest BCUT2D eigenvalue weighted by atomic mass is 35.5. The van der Waals surface area contributed by atoms with Gasteiger partial charge in [0.1, 0.15) is 17.3 Å². The summed E-state index contributed by atoms with van der Waals surface area (Å²) in [6.45, 7) is 2.81. The Kier molecular flexibility index (Phi) is 5.25. The Morgan fingerprint density at radius 1 is 1.38 bits per heavy atom. The van der Waals surface area contributed by atoms with E-state index in [2.05, 4.69) is 14.9 Å². The van der Waals surface area contributed by atoms with E-state index >= 15 is 0 Å². The minimum absolute atomic E-state index is 0. The Labute approximate surface area is 107 Å². The van der Waals surface area contributed by atoms with Crippen LogP contribution in [-0.2, 0) is 0 Å². The number of rotatable bonds is 2. The van der Waals surface area contributed by atoms with Crippen LogP contribution in [0.4, 0.5) is 5.82 Å². The van der Waals surface area contributed by atoms with Crippen molar-refractivity contribution < 1.29 is 0 Å². The molecule has 16 heavy (non-hydrogen) atoms. The Hall–Kier alpha value is -0.580. The van der Waals surface area contributed by atoms with Gasteiger partial charge >= 0.3 is 0 Å². The normalized spacial score (nSPS) is 17.0. The summed E-state index contributed by atoms with van der Waals surface area (Å²) >= 11 is 5.82. The first-order valence-electron chi connectivity index (χ1n) is 5.22. The molecule has 1 aliphatic heterocycles. The van der Waals surface area contributed by atoms with Crippen molar-refractivity contribution in [3.63, 3.8) is 0 Å². The van der Waals surface area contributed by atoms with Crippen LogP contribution in [0.2, 0.25) is 5.15 Å². The molecular weight excluding hydrogens is 247 g/mol. The summed E-state index contributed by atoms with van der Waals surface area (Å²) in [7, 11) is 0. The largest absolute Gasteiger partial charge is 0.356 e. The first-order valence-corrected chi connectivity index (χ1v) is 5.60. The van der Waals surface area contributed by atoms with Gasteiger partial charge in [-0.25, -0.2) is 9.97 Å². The third-order valence-electron chi connectivity index (χ3n) is 2.89. The fourth-order valence-corrected chi connectivity index (χ4v) is 2.04. The number of hydrogen-bond donors (Lipinski definition) is 1. The lowest BCUT2D eigenvalue weighted by molar-refractivity contribution is 0.413. The molecule has 2 rings (SSSR count). The van der Waals surface area contributed by atoms with Gasteiger partial charge in [-0.3, -0.25) is 0 Å². The van der Waals surface area contributed by atoms with Crippen LogP contribution in [0.15, 0.2) is 12.4 Å².